The number of hydrogen-bond acceptors (Lipinski definition) is 4. The van der Waals surface area contributed by atoms with Crippen molar-refractivity contribution in [3.05, 3.63) is 230 Å². The van der Waals surface area contributed by atoms with Crippen LogP contribution in [0.1, 0.15) is 54.1 Å². The van der Waals surface area contributed by atoms with E-state index >= 15 is 0 Å². The van der Waals surface area contributed by atoms with Crippen LogP contribution in [0, 0.1) is 0 Å². The van der Waals surface area contributed by atoms with Gasteiger partial charge in [0, 0.05) is 11.5 Å². The van der Waals surface area contributed by atoms with Crippen molar-refractivity contribution in [3.63, 3.8) is 0 Å². The van der Waals surface area contributed by atoms with Crippen molar-refractivity contribution in [2.45, 2.75) is 49.8 Å². The van der Waals surface area contributed by atoms with Gasteiger partial charge in [0.15, 0.2) is 6.29 Å². The normalized spacial score (nSPS) is 25.3. The molecule has 1 saturated heterocycles. The molecule has 272 valence electrons. The zero-order chi connectivity index (χ0) is 37.5. The van der Waals surface area contributed by atoms with Gasteiger partial charge in [-0.1, -0.05) is 158 Å². The van der Waals surface area contributed by atoms with Gasteiger partial charge in [-0.05, 0) is 71.5 Å². The predicted octanol–water partition coefficient (Wildman–Crippen LogP) is 8.91. The SMILES string of the molecule is CC1=C[C@@H](/C(=C\c2ccccc2)C2OC3/C(=C/c4ccccc4)C=CC(C)(O2)C3c2ccccc2)n2c(=O)n(-c3ccccc3)c(=O)n2[C@@H]1c1ccccc1. The van der Waals surface area contributed by atoms with Gasteiger partial charge in [-0.25, -0.2) is 23.5 Å². The molecule has 1 fully saturated rings. The average molecular weight is 724 g/mol. The summed E-state index contributed by atoms with van der Waals surface area (Å²) in [6, 6.07) is 48.4. The predicted molar refractivity (Wildman–Crippen MR) is 217 cm³/mol. The summed E-state index contributed by atoms with van der Waals surface area (Å²) in [5.41, 5.74) is 5.51. The molecule has 6 aromatic rings. The second-order valence-corrected chi connectivity index (χ2v) is 14.6. The molecule has 5 aromatic carbocycles. The van der Waals surface area contributed by atoms with E-state index in [1.165, 1.54) is 4.57 Å². The van der Waals surface area contributed by atoms with E-state index < -0.39 is 41.5 Å². The Kier molecular flexibility index (Phi) is 8.89. The number of fused-ring (bicyclic) bond motifs is 3. The Morgan fingerprint density at radius 3 is 1.85 bits per heavy atom. The van der Waals surface area contributed by atoms with Gasteiger partial charge in [-0.2, -0.15) is 0 Å². The molecule has 2 aliphatic heterocycles. The van der Waals surface area contributed by atoms with E-state index in [1.807, 2.05) is 122 Å². The molecule has 6 atom stereocenters. The largest absolute Gasteiger partial charge is 0.352 e. The van der Waals surface area contributed by atoms with Gasteiger partial charge in [0.2, 0.25) is 0 Å². The second-order valence-electron chi connectivity index (χ2n) is 14.6. The zero-order valence-corrected chi connectivity index (χ0v) is 30.7. The Labute approximate surface area is 320 Å². The van der Waals surface area contributed by atoms with Gasteiger partial charge in [0.05, 0.1) is 17.4 Å². The fourth-order valence-electron chi connectivity index (χ4n) is 8.47. The van der Waals surface area contributed by atoms with E-state index in [0.29, 0.717) is 11.3 Å². The van der Waals surface area contributed by atoms with Crippen molar-refractivity contribution < 1.29 is 9.47 Å². The van der Waals surface area contributed by atoms with Crippen LogP contribution in [0.2, 0.25) is 0 Å². The van der Waals surface area contributed by atoms with Crippen LogP contribution in [0.5, 0.6) is 0 Å². The van der Waals surface area contributed by atoms with Gasteiger partial charge in [0.25, 0.3) is 0 Å². The summed E-state index contributed by atoms with van der Waals surface area (Å²) in [4.78, 5) is 29.5. The van der Waals surface area contributed by atoms with Crippen LogP contribution in [0.3, 0.4) is 0 Å². The molecule has 3 heterocycles. The van der Waals surface area contributed by atoms with Gasteiger partial charge < -0.3 is 9.47 Å². The van der Waals surface area contributed by atoms with Crippen molar-refractivity contribution in [1.82, 2.24) is 13.9 Å². The summed E-state index contributed by atoms with van der Waals surface area (Å²) < 4.78 is 18.9. The van der Waals surface area contributed by atoms with Gasteiger partial charge in [-0.15, -0.1) is 0 Å². The molecule has 1 aliphatic carbocycles. The minimum Gasteiger partial charge on any atom is -0.340 e. The van der Waals surface area contributed by atoms with Crippen LogP contribution in [0.15, 0.2) is 196 Å². The molecule has 0 amide bonds. The first-order chi connectivity index (χ1) is 26.9. The highest BCUT2D eigenvalue weighted by molar-refractivity contribution is 5.61. The molecule has 7 nitrogen and oxygen atoms in total. The van der Waals surface area contributed by atoms with Gasteiger partial charge in [-0.3, -0.25) is 0 Å². The highest BCUT2D eigenvalue weighted by Gasteiger charge is 2.52. The quantitative estimate of drug-likeness (QED) is 0.154. The maximum atomic E-state index is 14.9. The standard InChI is InChI=1S/C48H41N3O4/c1-33-30-41(50-46(52)49(39-26-16-7-17-27-39)47(53)51(50)43(33)37-24-14-6-15-25-37)40(32-35-20-10-4-11-21-35)45-54-44-38(31-34-18-8-3-9-19-34)28-29-48(2,55-45)42(44)36-22-12-5-13-23-36/h3-32,41-45H,1-2H3/b38-31+,40-32+/t41-,42?,43-,44?,45?,48?/m0/s1. The maximum Gasteiger partial charge on any atom is 0.352 e. The van der Waals surface area contributed by atoms with E-state index in [-0.39, 0.29) is 5.92 Å². The Morgan fingerprint density at radius 1 is 0.673 bits per heavy atom. The van der Waals surface area contributed by atoms with Crippen molar-refractivity contribution in [2.24, 2.45) is 0 Å². The number of benzene rings is 5. The molecule has 4 unspecified atom stereocenters. The summed E-state index contributed by atoms with van der Waals surface area (Å²) in [5.74, 6) is -0.158. The van der Waals surface area contributed by atoms with E-state index in [0.717, 1.165) is 33.4 Å². The number of aromatic nitrogens is 3. The molecule has 55 heavy (non-hydrogen) atoms. The molecule has 0 saturated carbocycles. The molecule has 3 aliphatic rings. The molecule has 1 aromatic heterocycles. The fraction of sp³-hybridized carbons (Fsp3) is 0.167. The Morgan fingerprint density at radius 2 is 1.22 bits per heavy atom. The lowest BCUT2D eigenvalue weighted by atomic mass is 9.71. The molecule has 9 rings (SSSR count). The third kappa shape index (κ3) is 6.21. The van der Waals surface area contributed by atoms with Crippen LogP contribution in [-0.4, -0.2) is 31.9 Å². The molecule has 7 heteroatoms. The second kappa shape index (κ2) is 14.2. The minimum absolute atomic E-state index is 0.158. The molecule has 0 spiro atoms. The van der Waals surface area contributed by atoms with Crippen molar-refractivity contribution >= 4 is 12.2 Å². The van der Waals surface area contributed by atoms with Gasteiger partial charge in [0.1, 0.15) is 12.1 Å². The summed E-state index contributed by atoms with van der Waals surface area (Å²) in [7, 11) is 0. The third-order valence-electron chi connectivity index (χ3n) is 11.0. The lowest BCUT2D eigenvalue weighted by molar-refractivity contribution is -0.252. The highest BCUT2D eigenvalue weighted by Crippen LogP contribution is 2.50. The average Bonchev–Trinajstić information content (AvgIpc) is 3.48. The van der Waals surface area contributed by atoms with Gasteiger partial charge >= 0.3 is 11.4 Å². The number of rotatable bonds is 7. The van der Waals surface area contributed by atoms with E-state index in [9.17, 15) is 9.59 Å². The van der Waals surface area contributed by atoms with Crippen molar-refractivity contribution in [1.29, 1.82) is 0 Å². The topological polar surface area (TPSA) is 67.4 Å². The minimum atomic E-state index is -0.892. The molecular weight excluding hydrogens is 683 g/mol. The summed E-state index contributed by atoms with van der Waals surface area (Å²) in [5, 5.41) is 0. The number of para-hydroxylation sites is 1. The number of allylic oxidation sites excluding steroid dienone is 2. The van der Waals surface area contributed by atoms with Crippen molar-refractivity contribution in [2.75, 3.05) is 0 Å². The first kappa shape index (κ1) is 34.5. The highest BCUT2D eigenvalue weighted by atomic mass is 16.7. The lowest BCUT2D eigenvalue weighted by Crippen LogP contribution is -2.55. The number of ether oxygens (including phenoxy) is 2. The van der Waals surface area contributed by atoms with Crippen LogP contribution >= 0.6 is 0 Å². The first-order valence-electron chi connectivity index (χ1n) is 18.7. The van der Waals surface area contributed by atoms with Crippen LogP contribution in [-0.2, 0) is 9.47 Å². The van der Waals surface area contributed by atoms with E-state index in [1.54, 1.807) is 21.5 Å². The molecule has 0 N–H and O–H groups in total. The van der Waals surface area contributed by atoms with Crippen LogP contribution in [0.4, 0.5) is 0 Å². The smallest absolute Gasteiger partial charge is 0.340 e. The number of nitrogens with zero attached hydrogens (tertiary/aromatic N) is 3. The van der Waals surface area contributed by atoms with E-state index in [2.05, 4.69) is 61.6 Å². The summed E-state index contributed by atoms with van der Waals surface area (Å²) in [6.07, 6.45) is 9.30. The lowest BCUT2D eigenvalue weighted by Gasteiger charge is -2.51. The number of hydrogen-bond donors (Lipinski definition) is 0. The summed E-state index contributed by atoms with van der Waals surface area (Å²) >= 11 is 0. The Bertz CT molecular complexity index is 2570. The fourth-order valence-corrected chi connectivity index (χ4v) is 8.47. The van der Waals surface area contributed by atoms with Crippen molar-refractivity contribution in [3.8, 4) is 5.69 Å². The summed E-state index contributed by atoms with van der Waals surface area (Å²) in [6.45, 7) is 4.14. The van der Waals surface area contributed by atoms with Crippen LogP contribution in [0.25, 0.3) is 17.8 Å². The monoisotopic (exact) mass is 723 g/mol. The first-order valence-corrected chi connectivity index (χ1v) is 18.7. The Balaban J connectivity index is 1.25. The molecular formula is C48H41N3O4. The third-order valence-corrected chi connectivity index (χ3v) is 11.0. The maximum absolute atomic E-state index is 14.9. The molecule has 2 bridgehead atoms. The Hall–Kier alpha value is -6.28. The van der Waals surface area contributed by atoms with Crippen LogP contribution < -0.4 is 11.4 Å². The van der Waals surface area contributed by atoms with E-state index in [4.69, 9.17) is 9.47 Å². The molecule has 0 radical (unpaired) electrons. The zero-order valence-electron chi connectivity index (χ0n) is 30.7.